The second kappa shape index (κ2) is 8.24. The molecule has 170 valence electrons. The number of alkyl halides is 2. The fourth-order valence-corrected chi connectivity index (χ4v) is 3.91. The summed E-state index contributed by atoms with van der Waals surface area (Å²) in [5, 5.41) is 6.87. The number of benzene rings is 1. The van der Waals surface area contributed by atoms with E-state index < -0.39 is 41.5 Å². The van der Waals surface area contributed by atoms with Crippen molar-refractivity contribution in [2.45, 2.75) is 37.6 Å². The van der Waals surface area contributed by atoms with E-state index in [-0.39, 0.29) is 29.2 Å². The minimum absolute atomic E-state index is 0.00578. The van der Waals surface area contributed by atoms with E-state index in [2.05, 4.69) is 25.9 Å². The predicted octanol–water partition coefficient (Wildman–Crippen LogP) is 3.19. The van der Waals surface area contributed by atoms with Crippen molar-refractivity contribution < 1.29 is 27.2 Å². The highest BCUT2D eigenvalue weighted by molar-refractivity contribution is 6.00. The SMILES string of the molecule is CNC(=O)c1ccc(Nc2ncc3c(n2)N(C2CCCC2)CC(F)(F)C(=O)N3)c(F)c1F. The first-order chi connectivity index (χ1) is 15.2. The number of nitrogens with zero attached hydrogens (tertiary/aromatic N) is 3. The third kappa shape index (κ3) is 3.92. The smallest absolute Gasteiger partial charge is 0.341 e. The van der Waals surface area contributed by atoms with E-state index in [1.807, 2.05) is 0 Å². The number of anilines is 4. The molecule has 0 atom stereocenters. The molecule has 2 heterocycles. The maximum atomic E-state index is 14.5. The van der Waals surface area contributed by atoms with Crippen LogP contribution in [0, 0.1) is 11.6 Å². The zero-order valence-corrected chi connectivity index (χ0v) is 17.0. The van der Waals surface area contributed by atoms with E-state index >= 15 is 0 Å². The molecule has 1 aromatic carbocycles. The van der Waals surface area contributed by atoms with Crippen molar-refractivity contribution in [3.05, 3.63) is 35.5 Å². The van der Waals surface area contributed by atoms with E-state index in [0.29, 0.717) is 12.8 Å². The number of fused-ring (bicyclic) bond motifs is 1. The van der Waals surface area contributed by atoms with Gasteiger partial charge in [0.05, 0.1) is 24.0 Å². The van der Waals surface area contributed by atoms with Crippen LogP contribution in [-0.4, -0.2) is 47.3 Å². The van der Waals surface area contributed by atoms with Crippen LogP contribution in [0.15, 0.2) is 18.3 Å². The van der Waals surface area contributed by atoms with E-state index in [0.717, 1.165) is 31.2 Å². The Bertz CT molecular complexity index is 1070. The maximum absolute atomic E-state index is 14.5. The van der Waals surface area contributed by atoms with Crippen molar-refractivity contribution in [1.29, 1.82) is 0 Å². The van der Waals surface area contributed by atoms with Crippen LogP contribution >= 0.6 is 0 Å². The van der Waals surface area contributed by atoms with Crippen LogP contribution in [0.2, 0.25) is 0 Å². The van der Waals surface area contributed by atoms with Gasteiger partial charge in [-0.25, -0.2) is 13.8 Å². The summed E-state index contributed by atoms with van der Waals surface area (Å²) in [6.07, 6.45) is 4.19. The molecule has 0 unspecified atom stereocenters. The second-order valence-corrected chi connectivity index (χ2v) is 7.65. The molecule has 0 saturated heterocycles. The molecule has 2 aliphatic rings. The largest absolute Gasteiger partial charge is 0.355 e. The van der Waals surface area contributed by atoms with Crippen LogP contribution in [0.25, 0.3) is 0 Å². The first kappa shape index (κ1) is 21.8. The van der Waals surface area contributed by atoms with Gasteiger partial charge in [0.1, 0.15) is 5.69 Å². The van der Waals surface area contributed by atoms with Crippen LogP contribution in [-0.2, 0) is 4.79 Å². The van der Waals surface area contributed by atoms with Gasteiger partial charge in [-0.3, -0.25) is 9.59 Å². The summed E-state index contributed by atoms with van der Waals surface area (Å²) in [7, 11) is 1.29. The van der Waals surface area contributed by atoms with Crippen molar-refractivity contribution in [2.24, 2.45) is 0 Å². The molecule has 1 saturated carbocycles. The molecular weight excluding hydrogens is 432 g/mol. The molecule has 1 aliphatic heterocycles. The highest BCUT2D eigenvalue weighted by Crippen LogP contribution is 2.37. The highest BCUT2D eigenvalue weighted by Gasteiger charge is 2.46. The van der Waals surface area contributed by atoms with Gasteiger partial charge in [0.15, 0.2) is 17.5 Å². The zero-order valence-electron chi connectivity index (χ0n) is 17.0. The summed E-state index contributed by atoms with van der Waals surface area (Å²) in [6.45, 7) is -0.850. The average Bonchev–Trinajstić information content (AvgIpc) is 3.27. The number of rotatable bonds is 4. The minimum Gasteiger partial charge on any atom is -0.355 e. The summed E-state index contributed by atoms with van der Waals surface area (Å²) >= 11 is 0. The molecule has 1 fully saturated rings. The monoisotopic (exact) mass is 452 g/mol. The van der Waals surface area contributed by atoms with Gasteiger partial charge in [-0.15, -0.1) is 0 Å². The molecule has 4 rings (SSSR count). The molecule has 32 heavy (non-hydrogen) atoms. The number of nitrogens with one attached hydrogen (secondary N) is 3. The molecule has 12 heteroatoms. The summed E-state index contributed by atoms with van der Waals surface area (Å²) in [4.78, 5) is 33.1. The number of hydrogen-bond donors (Lipinski definition) is 3. The molecule has 1 aromatic heterocycles. The third-order valence-electron chi connectivity index (χ3n) is 5.56. The minimum atomic E-state index is -3.64. The van der Waals surface area contributed by atoms with Crippen LogP contribution < -0.4 is 20.9 Å². The van der Waals surface area contributed by atoms with Crippen LogP contribution in [0.5, 0.6) is 0 Å². The van der Waals surface area contributed by atoms with Gasteiger partial charge in [0.2, 0.25) is 5.95 Å². The van der Waals surface area contributed by atoms with Crippen LogP contribution in [0.4, 0.5) is 40.7 Å². The van der Waals surface area contributed by atoms with Crippen molar-refractivity contribution in [3.8, 4) is 0 Å². The fraction of sp³-hybridized carbons (Fsp3) is 0.400. The van der Waals surface area contributed by atoms with Gasteiger partial charge in [0, 0.05) is 13.1 Å². The summed E-state index contributed by atoms with van der Waals surface area (Å²) in [5.41, 5.74) is -0.813. The van der Waals surface area contributed by atoms with E-state index in [1.165, 1.54) is 11.9 Å². The maximum Gasteiger partial charge on any atom is 0.341 e. The summed E-state index contributed by atoms with van der Waals surface area (Å²) < 4.78 is 57.5. The molecule has 3 N–H and O–H groups in total. The lowest BCUT2D eigenvalue weighted by Crippen LogP contribution is -2.46. The van der Waals surface area contributed by atoms with Crippen molar-refractivity contribution in [2.75, 3.05) is 29.1 Å². The zero-order chi connectivity index (χ0) is 23.0. The molecule has 0 spiro atoms. The highest BCUT2D eigenvalue weighted by atomic mass is 19.3. The lowest BCUT2D eigenvalue weighted by molar-refractivity contribution is -0.138. The number of amides is 2. The third-order valence-corrected chi connectivity index (χ3v) is 5.56. The Kier molecular flexibility index (Phi) is 5.61. The molecule has 2 amide bonds. The topological polar surface area (TPSA) is 99.2 Å². The molecule has 0 radical (unpaired) electrons. The molecular formula is C20H20F4N6O2. The number of carbonyl (C=O) groups excluding carboxylic acids is 2. The lowest BCUT2D eigenvalue weighted by atomic mass is 10.1. The number of carbonyl (C=O) groups is 2. The number of aromatic nitrogens is 2. The Morgan fingerprint density at radius 2 is 1.94 bits per heavy atom. The predicted molar refractivity (Wildman–Crippen MR) is 108 cm³/mol. The fourth-order valence-electron chi connectivity index (χ4n) is 3.91. The van der Waals surface area contributed by atoms with Gasteiger partial charge in [-0.05, 0) is 25.0 Å². The Morgan fingerprint density at radius 1 is 1.22 bits per heavy atom. The average molecular weight is 452 g/mol. The summed E-state index contributed by atoms with van der Waals surface area (Å²) in [6, 6.07) is 1.99. The van der Waals surface area contributed by atoms with Crippen LogP contribution in [0.1, 0.15) is 36.0 Å². The quantitative estimate of drug-likeness (QED) is 0.617. The number of halogens is 4. The summed E-state index contributed by atoms with van der Waals surface area (Å²) in [5.74, 6) is -8.68. The van der Waals surface area contributed by atoms with Gasteiger partial charge in [0.25, 0.3) is 11.8 Å². The standard InChI is InChI=1S/C20H20F4N6O2/c1-25-17(31)11-6-7-12(15(22)14(11)21)28-19-26-8-13-16(29-19)30(10-4-2-3-5-10)9-20(23,24)18(32)27-13/h6-8,10H,2-5,9H2,1H3,(H,25,31)(H,27,32)(H,26,28,29). The van der Waals surface area contributed by atoms with Crippen molar-refractivity contribution in [3.63, 3.8) is 0 Å². The lowest BCUT2D eigenvalue weighted by Gasteiger charge is -2.31. The van der Waals surface area contributed by atoms with Gasteiger partial charge in [-0.1, -0.05) is 12.8 Å². The molecule has 1 aliphatic carbocycles. The Balaban J connectivity index is 1.69. The normalized spacial score (nSPS) is 18.0. The Hall–Kier alpha value is -3.44. The van der Waals surface area contributed by atoms with Gasteiger partial charge < -0.3 is 20.9 Å². The molecule has 0 bridgehead atoms. The van der Waals surface area contributed by atoms with Gasteiger partial charge in [-0.2, -0.15) is 13.8 Å². The van der Waals surface area contributed by atoms with E-state index in [9.17, 15) is 27.2 Å². The first-order valence-corrected chi connectivity index (χ1v) is 10.0. The molecule has 8 nitrogen and oxygen atoms in total. The second-order valence-electron chi connectivity index (χ2n) is 7.65. The van der Waals surface area contributed by atoms with Crippen molar-refractivity contribution >= 4 is 35.0 Å². The Morgan fingerprint density at radius 3 is 2.62 bits per heavy atom. The van der Waals surface area contributed by atoms with E-state index in [4.69, 9.17) is 0 Å². The number of hydrogen-bond acceptors (Lipinski definition) is 6. The Labute approximate surface area is 180 Å². The van der Waals surface area contributed by atoms with Crippen molar-refractivity contribution in [1.82, 2.24) is 15.3 Å². The van der Waals surface area contributed by atoms with Gasteiger partial charge >= 0.3 is 5.92 Å². The molecule has 2 aromatic rings. The van der Waals surface area contributed by atoms with E-state index in [1.54, 1.807) is 0 Å². The van der Waals surface area contributed by atoms with Crippen LogP contribution in [0.3, 0.4) is 0 Å². The first-order valence-electron chi connectivity index (χ1n) is 10.0.